The molecule has 0 aliphatic heterocycles. The zero-order chi connectivity index (χ0) is 13.8. The van der Waals surface area contributed by atoms with Crippen LogP contribution in [0.5, 0.6) is 0 Å². The van der Waals surface area contributed by atoms with Crippen LogP contribution in [0, 0.1) is 0 Å². The second-order valence-electron chi connectivity index (χ2n) is 4.23. The van der Waals surface area contributed by atoms with E-state index in [4.69, 9.17) is 0 Å². The highest BCUT2D eigenvalue weighted by Crippen LogP contribution is 2.08. The molecule has 19 heavy (non-hydrogen) atoms. The van der Waals surface area contributed by atoms with E-state index < -0.39 is 5.91 Å². The van der Waals surface area contributed by atoms with E-state index in [0.717, 1.165) is 13.0 Å². The van der Waals surface area contributed by atoms with Gasteiger partial charge >= 0.3 is 0 Å². The number of aryl methyl sites for hydroxylation is 2. The van der Waals surface area contributed by atoms with E-state index in [0.29, 0.717) is 5.82 Å². The summed E-state index contributed by atoms with van der Waals surface area (Å²) in [5, 5.41) is 6.82. The fourth-order valence-corrected chi connectivity index (χ4v) is 1.78. The van der Waals surface area contributed by atoms with E-state index in [9.17, 15) is 9.59 Å². The largest absolute Gasteiger partial charge is 0.318 e. The minimum Gasteiger partial charge on any atom is -0.318 e. The first-order valence-corrected chi connectivity index (χ1v) is 6.12. The Balaban J connectivity index is 2.24. The number of nitrogens with zero attached hydrogens (tertiary/aromatic N) is 3. The SMILES string of the molecule is CCCn1nccc1NC(=O)c1cccn(C)c1=O. The maximum Gasteiger partial charge on any atom is 0.263 e. The Labute approximate surface area is 110 Å². The molecule has 0 saturated carbocycles. The molecule has 100 valence electrons. The van der Waals surface area contributed by atoms with E-state index in [-0.39, 0.29) is 11.1 Å². The second kappa shape index (κ2) is 5.51. The van der Waals surface area contributed by atoms with Crippen LogP contribution in [0.2, 0.25) is 0 Å². The number of nitrogens with one attached hydrogen (secondary N) is 1. The fourth-order valence-electron chi connectivity index (χ4n) is 1.78. The van der Waals surface area contributed by atoms with Crippen molar-refractivity contribution in [2.24, 2.45) is 7.05 Å². The average molecular weight is 260 g/mol. The molecule has 0 unspecified atom stereocenters. The first kappa shape index (κ1) is 13.1. The van der Waals surface area contributed by atoms with Crippen molar-refractivity contribution in [3.05, 3.63) is 46.5 Å². The van der Waals surface area contributed by atoms with E-state index in [1.807, 2.05) is 6.92 Å². The van der Waals surface area contributed by atoms with Gasteiger partial charge in [0.1, 0.15) is 11.4 Å². The van der Waals surface area contributed by atoms with E-state index >= 15 is 0 Å². The molecule has 1 amide bonds. The van der Waals surface area contributed by atoms with Gasteiger partial charge in [-0.2, -0.15) is 5.10 Å². The fraction of sp³-hybridized carbons (Fsp3) is 0.308. The van der Waals surface area contributed by atoms with Crippen LogP contribution in [0.25, 0.3) is 0 Å². The van der Waals surface area contributed by atoms with Crippen LogP contribution < -0.4 is 10.9 Å². The van der Waals surface area contributed by atoms with Crippen LogP contribution in [0.4, 0.5) is 5.82 Å². The maximum absolute atomic E-state index is 12.1. The lowest BCUT2D eigenvalue weighted by molar-refractivity contribution is 0.102. The maximum atomic E-state index is 12.1. The molecule has 0 saturated heterocycles. The van der Waals surface area contributed by atoms with Crippen LogP contribution in [-0.4, -0.2) is 20.3 Å². The average Bonchev–Trinajstić information content (AvgIpc) is 2.80. The Morgan fingerprint density at radius 2 is 2.21 bits per heavy atom. The lowest BCUT2D eigenvalue weighted by Gasteiger charge is -2.08. The van der Waals surface area contributed by atoms with Gasteiger partial charge in [0, 0.05) is 25.9 Å². The van der Waals surface area contributed by atoms with Crippen molar-refractivity contribution in [2.45, 2.75) is 19.9 Å². The van der Waals surface area contributed by atoms with Crippen LogP contribution in [0.15, 0.2) is 35.4 Å². The molecular formula is C13H16N4O2. The van der Waals surface area contributed by atoms with Crippen molar-refractivity contribution in [3.8, 4) is 0 Å². The number of amides is 1. The van der Waals surface area contributed by atoms with E-state index in [1.165, 1.54) is 10.6 Å². The van der Waals surface area contributed by atoms with Gasteiger partial charge in [-0.25, -0.2) is 4.68 Å². The number of rotatable bonds is 4. The summed E-state index contributed by atoms with van der Waals surface area (Å²) in [6.07, 6.45) is 4.15. The molecule has 1 N–H and O–H groups in total. The number of carbonyl (C=O) groups excluding carboxylic acids is 1. The van der Waals surface area contributed by atoms with E-state index in [1.54, 1.807) is 36.3 Å². The van der Waals surface area contributed by atoms with Crippen LogP contribution >= 0.6 is 0 Å². The summed E-state index contributed by atoms with van der Waals surface area (Å²) in [6.45, 7) is 2.75. The number of aromatic nitrogens is 3. The molecule has 0 fully saturated rings. The Bertz CT molecular complexity index is 642. The van der Waals surface area contributed by atoms with Gasteiger partial charge in [0.2, 0.25) is 0 Å². The zero-order valence-electron chi connectivity index (χ0n) is 11.0. The monoisotopic (exact) mass is 260 g/mol. The summed E-state index contributed by atoms with van der Waals surface area (Å²) < 4.78 is 3.07. The molecule has 0 bridgehead atoms. The molecule has 6 nitrogen and oxygen atoms in total. The molecule has 0 aliphatic rings. The third kappa shape index (κ3) is 2.73. The third-order valence-electron chi connectivity index (χ3n) is 2.76. The summed E-state index contributed by atoms with van der Waals surface area (Å²) in [7, 11) is 1.61. The molecule has 0 spiro atoms. The predicted octanol–water partition coefficient (Wildman–Crippen LogP) is 1.24. The second-order valence-corrected chi connectivity index (χ2v) is 4.23. The highest BCUT2D eigenvalue weighted by atomic mass is 16.2. The van der Waals surface area contributed by atoms with Crippen molar-refractivity contribution in [3.63, 3.8) is 0 Å². The van der Waals surface area contributed by atoms with Crippen molar-refractivity contribution in [1.29, 1.82) is 0 Å². The van der Waals surface area contributed by atoms with Crippen LogP contribution in [0.3, 0.4) is 0 Å². The van der Waals surface area contributed by atoms with Crippen LogP contribution in [-0.2, 0) is 13.6 Å². The van der Waals surface area contributed by atoms with Gasteiger partial charge in [-0.15, -0.1) is 0 Å². The normalized spacial score (nSPS) is 10.4. The van der Waals surface area contributed by atoms with Gasteiger partial charge in [-0.05, 0) is 18.6 Å². The first-order valence-electron chi connectivity index (χ1n) is 6.12. The smallest absolute Gasteiger partial charge is 0.263 e. The third-order valence-corrected chi connectivity index (χ3v) is 2.76. The molecule has 0 radical (unpaired) electrons. The highest BCUT2D eigenvalue weighted by Gasteiger charge is 2.13. The Morgan fingerprint density at radius 3 is 2.95 bits per heavy atom. The summed E-state index contributed by atoms with van der Waals surface area (Å²) in [5.74, 6) is 0.178. The molecule has 0 atom stereocenters. The van der Waals surface area contributed by atoms with Gasteiger partial charge in [0.25, 0.3) is 11.5 Å². The van der Waals surface area contributed by atoms with E-state index in [2.05, 4.69) is 10.4 Å². The molecule has 0 aliphatic carbocycles. The number of pyridine rings is 1. The molecule has 2 heterocycles. The molecule has 2 rings (SSSR count). The summed E-state index contributed by atoms with van der Waals surface area (Å²) in [6, 6.07) is 4.89. The molecule has 0 aromatic carbocycles. The van der Waals surface area contributed by atoms with Crippen molar-refractivity contribution in [2.75, 3.05) is 5.32 Å². The van der Waals surface area contributed by atoms with Gasteiger partial charge in [-0.1, -0.05) is 6.92 Å². The molecular weight excluding hydrogens is 244 g/mol. The molecule has 2 aromatic rings. The Hall–Kier alpha value is -2.37. The Morgan fingerprint density at radius 1 is 1.42 bits per heavy atom. The first-order chi connectivity index (χ1) is 9.13. The number of carbonyl (C=O) groups is 1. The summed E-state index contributed by atoms with van der Waals surface area (Å²) in [5.41, 5.74) is -0.198. The minimum atomic E-state index is -0.418. The standard InChI is InChI=1S/C13H16N4O2/c1-3-8-17-11(6-7-14-17)15-12(18)10-5-4-9-16(2)13(10)19/h4-7,9H,3,8H2,1-2H3,(H,15,18). The van der Waals surface area contributed by atoms with Gasteiger partial charge < -0.3 is 9.88 Å². The lowest BCUT2D eigenvalue weighted by Crippen LogP contribution is -2.27. The zero-order valence-corrected chi connectivity index (χ0v) is 11.0. The lowest BCUT2D eigenvalue weighted by atomic mass is 10.2. The number of anilines is 1. The van der Waals surface area contributed by atoms with Crippen molar-refractivity contribution in [1.82, 2.24) is 14.3 Å². The highest BCUT2D eigenvalue weighted by molar-refractivity contribution is 6.03. The van der Waals surface area contributed by atoms with Crippen LogP contribution in [0.1, 0.15) is 23.7 Å². The molecule has 6 heteroatoms. The van der Waals surface area contributed by atoms with Gasteiger partial charge in [-0.3, -0.25) is 9.59 Å². The number of hydrogen-bond donors (Lipinski definition) is 1. The predicted molar refractivity (Wildman–Crippen MR) is 72.2 cm³/mol. The summed E-state index contributed by atoms with van der Waals surface area (Å²) in [4.78, 5) is 23.9. The van der Waals surface area contributed by atoms with Crippen molar-refractivity contribution >= 4 is 11.7 Å². The topological polar surface area (TPSA) is 68.9 Å². The minimum absolute atomic E-state index is 0.120. The summed E-state index contributed by atoms with van der Waals surface area (Å²) >= 11 is 0. The number of hydrogen-bond acceptors (Lipinski definition) is 3. The Kier molecular flexibility index (Phi) is 3.79. The quantitative estimate of drug-likeness (QED) is 0.899. The van der Waals surface area contributed by atoms with Gasteiger partial charge in [0.05, 0.1) is 6.20 Å². The van der Waals surface area contributed by atoms with Crippen molar-refractivity contribution < 1.29 is 4.79 Å². The molecule has 2 aromatic heterocycles. The van der Waals surface area contributed by atoms with Gasteiger partial charge in [0.15, 0.2) is 0 Å².